The lowest BCUT2D eigenvalue weighted by Crippen LogP contribution is -2.50. The zero-order valence-electron chi connectivity index (χ0n) is 24.4. The number of carbonyl (C=O) groups is 3. The van der Waals surface area contributed by atoms with Gasteiger partial charge in [0.15, 0.2) is 5.78 Å². The maximum absolute atomic E-state index is 14.3. The van der Waals surface area contributed by atoms with Gasteiger partial charge in [0.2, 0.25) is 11.8 Å². The van der Waals surface area contributed by atoms with E-state index in [1.165, 1.54) is 19.9 Å². The molecule has 1 N–H and O–H groups in total. The van der Waals surface area contributed by atoms with Crippen molar-refractivity contribution in [2.75, 3.05) is 5.32 Å². The molecule has 2 aliphatic rings. The average Bonchev–Trinajstić information content (AvgIpc) is 3.40. The fraction of sp³-hybridized carbons (Fsp3) is 0.312. The van der Waals surface area contributed by atoms with Gasteiger partial charge in [0, 0.05) is 52.1 Å². The van der Waals surface area contributed by atoms with Crippen LogP contribution in [-0.4, -0.2) is 54.1 Å². The molecular weight excluding hydrogens is 615 g/mol. The number of nitrogens with one attached hydrogen (secondary N) is 1. The van der Waals surface area contributed by atoms with Gasteiger partial charge < -0.3 is 14.8 Å². The lowest BCUT2D eigenvalue weighted by molar-refractivity contribution is -0.138. The number of aromatic nitrogens is 4. The number of Topliss-reactive ketones (excluding diaryl/α,β-unsaturated/α-hetero) is 1. The lowest BCUT2D eigenvalue weighted by Gasteiger charge is -2.38. The van der Waals surface area contributed by atoms with Crippen LogP contribution in [0.5, 0.6) is 0 Å². The Labute approximate surface area is 256 Å². The predicted octanol–water partition coefficient (Wildman–Crippen LogP) is 5.71. The largest absolute Gasteiger partial charge is 0.337 e. The number of rotatable bonds is 6. The molecule has 3 aromatic heterocycles. The van der Waals surface area contributed by atoms with Crippen LogP contribution in [0, 0.1) is 32.0 Å². The van der Waals surface area contributed by atoms with Crippen molar-refractivity contribution < 1.29 is 18.8 Å². The van der Waals surface area contributed by atoms with Crippen LogP contribution in [0.25, 0.3) is 22.0 Å². The number of pyridine rings is 1. The first-order chi connectivity index (χ1) is 20.4. The molecule has 1 aliphatic carbocycles. The summed E-state index contributed by atoms with van der Waals surface area (Å²) in [6, 6.07) is 4.11. The van der Waals surface area contributed by atoms with E-state index in [2.05, 4.69) is 36.2 Å². The Hall–Kier alpha value is -4.25. The SMILES string of the molecule is CC(=O)c1cn(CC(=O)N2[C@H](C(=O)Nc3nc(Br)cc(F)c3C)C[C@@]3(C)C=C[C@@H]23)c2c(C)cc(-c3cnc(C)nc3)cc12. The first-order valence-corrected chi connectivity index (χ1v) is 14.7. The number of benzene rings is 1. The molecule has 4 aromatic rings. The molecule has 1 saturated heterocycles. The second kappa shape index (κ2) is 10.5. The number of halogens is 2. The van der Waals surface area contributed by atoms with E-state index in [4.69, 9.17) is 0 Å². The van der Waals surface area contributed by atoms with Crippen molar-refractivity contribution in [3.8, 4) is 11.1 Å². The molecule has 3 atom stereocenters. The number of likely N-dealkylation sites (tertiary alicyclic amines) is 1. The van der Waals surface area contributed by atoms with Crippen molar-refractivity contribution in [3.63, 3.8) is 0 Å². The van der Waals surface area contributed by atoms with Crippen LogP contribution in [0.2, 0.25) is 0 Å². The van der Waals surface area contributed by atoms with Gasteiger partial charge in [-0.3, -0.25) is 14.4 Å². The maximum Gasteiger partial charge on any atom is 0.248 e. The molecule has 6 rings (SSSR count). The van der Waals surface area contributed by atoms with Crippen molar-refractivity contribution in [1.29, 1.82) is 0 Å². The molecule has 9 nitrogen and oxygen atoms in total. The van der Waals surface area contributed by atoms with E-state index in [9.17, 15) is 18.8 Å². The summed E-state index contributed by atoms with van der Waals surface area (Å²) in [6.07, 6.45) is 9.59. The molecule has 0 spiro atoms. The molecule has 43 heavy (non-hydrogen) atoms. The van der Waals surface area contributed by atoms with Gasteiger partial charge in [0.25, 0.3) is 0 Å². The fourth-order valence-electron chi connectivity index (χ4n) is 6.23. The number of ketones is 1. The van der Waals surface area contributed by atoms with Crippen molar-refractivity contribution in [1.82, 2.24) is 24.4 Å². The molecule has 4 heterocycles. The number of fused-ring (bicyclic) bond motifs is 2. The lowest BCUT2D eigenvalue weighted by atomic mass is 9.73. The summed E-state index contributed by atoms with van der Waals surface area (Å²) >= 11 is 3.18. The van der Waals surface area contributed by atoms with Crippen LogP contribution in [0.15, 0.2) is 53.5 Å². The Morgan fingerprint density at radius 3 is 2.49 bits per heavy atom. The quantitative estimate of drug-likeness (QED) is 0.164. The Bertz CT molecular complexity index is 1870. The van der Waals surface area contributed by atoms with E-state index in [1.54, 1.807) is 28.1 Å². The zero-order chi connectivity index (χ0) is 30.8. The highest BCUT2D eigenvalue weighted by Crippen LogP contribution is 2.49. The summed E-state index contributed by atoms with van der Waals surface area (Å²) in [5.41, 5.74) is 3.71. The third-order valence-electron chi connectivity index (χ3n) is 8.58. The summed E-state index contributed by atoms with van der Waals surface area (Å²) in [7, 11) is 0. The van der Waals surface area contributed by atoms with Crippen LogP contribution < -0.4 is 5.32 Å². The maximum atomic E-state index is 14.3. The Kier molecular flexibility index (Phi) is 7.03. The number of anilines is 1. The first-order valence-electron chi connectivity index (χ1n) is 13.9. The van der Waals surface area contributed by atoms with E-state index in [0.29, 0.717) is 17.8 Å². The molecule has 220 valence electrons. The summed E-state index contributed by atoms with van der Waals surface area (Å²) in [5.74, 6) is -0.538. The van der Waals surface area contributed by atoms with E-state index in [-0.39, 0.29) is 45.7 Å². The van der Waals surface area contributed by atoms with Gasteiger partial charge in [-0.1, -0.05) is 19.1 Å². The zero-order valence-corrected chi connectivity index (χ0v) is 26.0. The molecule has 0 radical (unpaired) electrons. The molecule has 1 aromatic carbocycles. The minimum atomic E-state index is -0.788. The van der Waals surface area contributed by atoms with E-state index >= 15 is 0 Å². The van der Waals surface area contributed by atoms with Crippen LogP contribution in [0.4, 0.5) is 10.2 Å². The van der Waals surface area contributed by atoms with E-state index < -0.39 is 17.8 Å². The second-order valence-electron chi connectivity index (χ2n) is 11.7. The van der Waals surface area contributed by atoms with Crippen molar-refractivity contribution >= 4 is 50.2 Å². The van der Waals surface area contributed by atoms with Gasteiger partial charge in [0.1, 0.15) is 34.6 Å². The van der Waals surface area contributed by atoms with Crippen LogP contribution in [-0.2, 0) is 16.1 Å². The highest BCUT2D eigenvalue weighted by Gasteiger charge is 2.55. The van der Waals surface area contributed by atoms with E-state index in [0.717, 1.165) is 27.6 Å². The highest BCUT2D eigenvalue weighted by molar-refractivity contribution is 9.10. The van der Waals surface area contributed by atoms with Gasteiger partial charge >= 0.3 is 0 Å². The Balaban J connectivity index is 1.34. The number of carbonyl (C=O) groups excluding carboxylic acids is 3. The monoisotopic (exact) mass is 644 g/mol. The van der Waals surface area contributed by atoms with Crippen LogP contribution in [0.3, 0.4) is 0 Å². The summed E-state index contributed by atoms with van der Waals surface area (Å²) in [5, 5.41) is 3.48. The Morgan fingerprint density at radius 2 is 1.84 bits per heavy atom. The number of amides is 2. The van der Waals surface area contributed by atoms with Gasteiger partial charge in [-0.05, 0) is 73.3 Å². The topological polar surface area (TPSA) is 110 Å². The molecule has 0 saturated carbocycles. The van der Waals surface area contributed by atoms with Crippen LogP contribution in [0.1, 0.15) is 47.6 Å². The van der Waals surface area contributed by atoms with E-state index in [1.807, 2.05) is 45.1 Å². The van der Waals surface area contributed by atoms with Crippen molar-refractivity contribution in [3.05, 3.63) is 81.9 Å². The minimum absolute atomic E-state index is 0.0649. The number of nitrogens with zero attached hydrogens (tertiary/aromatic N) is 5. The minimum Gasteiger partial charge on any atom is -0.337 e. The van der Waals surface area contributed by atoms with Crippen molar-refractivity contribution in [2.24, 2.45) is 5.41 Å². The van der Waals surface area contributed by atoms with Gasteiger partial charge in [-0.25, -0.2) is 19.3 Å². The fourth-order valence-corrected chi connectivity index (χ4v) is 6.61. The molecular formula is C32H30BrFN6O3. The number of hydrogen-bond acceptors (Lipinski definition) is 6. The normalized spacial score (nSPS) is 20.7. The summed E-state index contributed by atoms with van der Waals surface area (Å²) in [4.78, 5) is 54.8. The van der Waals surface area contributed by atoms with Gasteiger partial charge in [-0.15, -0.1) is 0 Å². The second-order valence-corrected chi connectivity index (χ2v) is 12.5. The summed E-state index contributed by atoms with van der Waals surface area (Å²) < 4.78 is 16.4. The van der Waals surface area contributed by atoms with Gasteiger partial charge in [-0.2, -0.15) is 0 Å². The third kappa shape index (κ3) is 4.95. The summed E-state index contributed by atoms with van der Waals surface area (Å²) in [6.45, 7) is 8.76. The highest BCUT2D eigenvalue weighted by atomic mass is 79.9. The standard InChI is InChI=1S/C32H30BrFN6O3/c1-16-8-20(21-12-35-19(4)36-13-21)9-22-23(18(3)41)14-39(29(16)22)15-28(42)40-25(11-32(5)7-6-26(32)40)31(43)38-30-17(2)24(34)10-27(33)37-30/h6-10,12-14,25-26H,11,15H2,1-5H3,(H,37,38,43)/t25-,26+,32+/m0/s1. The molecule has 11 heteroatoms. The average molecular weight is 646 g/mol. The Morgan fingerprint density at radius 1 is 1.12 bits per heavy atom. The predicted molar refractivity (Wildman–Crippen MR) is 164 cm³/mol. The number of aryl methyl sites for hydroxylation is 2. The van der Waals surface area contributed by atoms with Gasteiger partial charge in [0.05, 0.1) is 11.6 Å². The molecule has 0 bridgehead atoms. The number of hydrogen-bond donors (Lipinski definition) is 1. The third-order valence-corrected chi connectivity index (χ3v) is 8.98. The smallest absolute Gasteiger partial charge is 0.248 e. The van der Waals surface area contributed by atoms with Crippen LogP contribution >= 0.6 is 15.9 Å². The van der Waals surface area contributed by atoms with Crippen molar-refractivity contribution in [2.45, 2.75) is 59.7 Å². The first kappa shape index (κ1) is 28.9. The molecule has 1 fully saturated rings. The molecule has 2 amide bonds. The molecule has 1 aliphatic heterocycles. The molecule has 0 unspecified atom stereocenters.